The van der Waals surface area contributed by atoms with E-state index in [2.05, 4.69) is 18.7 Å². The zero-order valence-corrected chi connectivity index (χ0v) is 6.93. The molecule has 1 rings (SSSR count). The molecule has 0 unspecified atom stereocenters. The van der Waals surface area contributed by atoms with Gasteiger partial charge in [0.1, 0.15) is 0 Å². The lowest BCUT2D eigenvalue weighted by molar-refractivity contribution is -0.0523. The molecule has 1 atom stereocenters. The van der Waals surface area contributed by atoms with Crippen LogP contribution in [0, 0.1) is 0 Å². The first-order valence-electron chi connectivity index (χ1n) is 4.15. The number of aliphatic hydroxyl groups excluding tert-OH is 1. The van der Waals surface area contributed by atoms with Crippen LogP contribution >= 0.6 is 0 Å². The maximum absolute atomic E-state index is 9.10. The number of hydrogen-bond donors (Lipinski definition) is 1. The lowest BCUT2D eigenvalue weighted by Gasteiger charge is -2.51. The quantitative estimate of drug-likeness (QED) is 0.633. The monoisotopic (exact) mass is 143 g/mol. The molecule has 0 saturated carbocycles. The van der Waals surface area contributed by atoms with Crippen LogP contribution in [0.25, 0.3) is 0 Å². The summed E-state index contributed by atoms with van der Waals surface area (Å²) in [5.41, 5.74) is 0.161. The third-order valence-corrected chi connectivity index (χ3v) is 2.85. The van der Waals surface area contributed by atoms with Crippen molar-refractivity contribution < 1.29 is 5.11 Å². The molecule has 1 aliphatic heterocycles. The second-order valence-electron chi connectivity index (χ2n) is 3.07. The highest BCUT2D eigenvalue weighted by atomic mass is 16.3. The predicted molar refractivity (Wildman–Crippen MR) is 42.0 cm³/mol. The minimum Gasteiger partial charge on any atom is -0.394 e. The zero-order chi connectivity index (χ0) is 7.61. The van der Waals surface area contributed by atoms with Gasteiger partial charge in [0.15, 0.2) is 0 Å². The summed E-state index contributed by atoms with van der Waals surface area (Å²) in [4.78, 5) is 2.35. The fourth-order valence-corrected chi connectivity index (χ4v) is 1.77. The van der Waals surface area contributed by atoms with Crippen molar-refractivity contribution in [2.75, 3.05) is 19.7 Å². The maximum atomic E-state index is 9.10. The van der Waals surface area contributed by atoms with E-state index in [1.165, 1.54) is 13.0 Å². The topological polar surface area (TPSA) is 23.5 Å². The lowest BCUT2D eigenvalue weighted by atomic mass is 9.83. The summed E-state index contributed by atoms with van der Waals surface area (Å²) in [6.45, 7) is 6.88. The number of likely N-dealkylation sites (tertiary alicyclic amines) is 1. The third kappa shape index (κ3) is 0.956. The Bertz CT molecular complexity index is 102. The molecule has 0 radical (unpaired) electrons. The number of aliphatic hydroxyl groups is 1. The summed E-state index contributed by atoms with van der Waals surface area (Å²) in [6.07, 6.45) is 2.26. The van der Waals surface area contributed by atoms with Gasteiger partial charge in [0.2, 0.25) is 0 Å². The summed E-state index contributed by atoms with van der Waals surface area (Å²) in [7, 11) is 0. The highest BCUT2D eigenvalue weighted by molar-refractivity contribution is 4.97. The Morgan fingerprint density at radius 1 is 1.50 bits per heavy atom. The summed E-state index contributed by atoms with van der Waals surface area (Å²) < 4.78 is 0. The second-order valence-corrected chi connectivity index (χ2v) is 3.07. The van der Waals surface area contributed by atoms with Gasteiger partial charge in [-0.05, 0) is 19.4 Å². The van der Waals surface area contributed by atoms with Crippen molar-refractivity contribution in [1.82, 2.24) is 4.90 Å². The summed E-state index contributed by atoms with van der Waals surface area (Å²) in [5, 5.41) is 9.10. The summed E-state index contributed by atoms with van der Waals surface area (Å²) in [5.74, 6) is 0. The smallest absolute Gasteiger partial charge is 0.0615 e. The maximum Gasteiger partial charge on any atom is 0.0615 e. The molecule has 0 aromatic heterocycles. The SMILES string of the molecule is CCN1CC[C@@]1(CC)CO. The van der Waals surface area contributed by atoms with Crippen molar-refractivity contribution in [2.45, 2.75) is 32.2 Å². The van der Waals surface area contributed by atoms with Crippen molar-refractivity contribution in [1.29, 1.82) is 0 Å². The Balaban J connectivity index is 2.48. The van der Waals surface area contributed by atoms with Crippen molar-refractivity contribution in [3.63, 3.8) is 0 Å². The molecular formula is C8H17NO. The van der Waals surface area contributed by atoms with Gasteiger partial charge in [-0.3, -0.25) is 4.90 Å². The van der Waals surface area contributed by atoms with E-state index in [1.54, 1.807) is 0 Å². The number of nitrogens with zero attached hydrogens (tertiary/aromatic N) is 1. The predicted octanol–water partition coefficient (Wildman–Crippen LogP) is 0.853. The zero-order valence-electron chi connectivity index (χ0n) is 6.93. The lowest BCUT2D eigenvalue weighted by Crippen LogP contribution is -2.61. The molecule has 0 spiro atoms. The molecule has 2 nitrogen and oxygen atoms in total. The van der Waals surface area contributed by atoms with Gasteiger partial charge in [-0.1, -0.05) is 13.8 Å². The Morgan fingerprint density at radius 3 is 2.30 bits per heavy atom. The molecule has 1 aliphatic rings. The van der Waals surface area contributed by atoms with Crippen molar-refractivity contribution in [3.05, 3.63) is 0 Å². The number of likely N-dealkylation sites (N-methyl/N-ethyl adjacent to an activating group) is 1. The average molecular weight is 143 g/mol. The fourth-order valence-electron chi connectivity index (χ4n) is 1.77. The molecule has 0 bridgehead atoms. The molecule has 2 heteroatoms. The van der Waals surface area contributed by atoms with Crippen molar-refractivity contribution in [3.8, 4) is 0 Å². The van der Waals surface area contributed by atoms with Gasteiger partial charge < -0.3 is 5.11 Å². The number of rotatable bonds is 3. The molecule has 1 saturated heterocycles. The van der Waals surface area contributed by atoms with Crippen LogP contribution in [0.3, 0.4) is 0 Å². The Kier molecular flexibility index (Phi) is 2.32. The van der Waals surface area contributed by atoms with E-state index >= 15 is 0 Å². The van der Waals surface area contributed by atoms with Gasteiger partial charge in [-0.15, -0.1) is 0 Å². The van der Waals surface area contributed by atoms with Crippen LogP contribution in [0.2, 0.25) is 0 Å². The highest BCUT2D eigenvalue weighted by Crippen LogP contribution is 2.32. The van der Waals surface area contributed by atoms with E-state index in [0.29, 0.717) is 6.61 Å². The van der Waals surface area contributed by atoms with Gasteiger partial charge in [-0.2, -0.15) is 0 Å². The van der Waals surface area contributed by atoms with Gasteiger partial charge in [0.05, 0.1) is 6.61 Å². The molecule has 60 valence electrons. The molecular weight excluding hydrogens is 126 g/mol. The minimum absolute atomic E-state index is 0.161. The van der Waals surface area contributed by atoms with Gasteiger partial charge in [0, 0.05) is 12.1 Å². The second kappa shape index (κ2) is 2.89. The Morgan fingerprint density at radius 2 is 2.20 bits per heavy atom. The normalized spacial score (nSPS) is 33.9. The molecule has 1 heterocycles. The van der Waals surface area contributed by atoms with Gasteiger partial charge >= 0.3 is 0 Å². The van der Waals surface area contributed by atoms with Crippen LogP contribution in [0.1, 0.15) is 26.7 Å². The average Bonchev–Trinajstić information content (AvgIpc) is 1.90. The van der Waals surface area contributed by atoms with Crippen LogP contribution in [0.15, 0.2) is 0 Å². The molecule has 10 heavy (non-hydrogen) atoms. The molecule has 1 fully saturated rings. The first kappa shape index (κ1) is 8.02. The first-order valence-corrected chi connectivity index (χ1v) is 4.15. The molecule has 0 amide bonds. The Hall–Kier alpha value is -0.0800. The highest BCUT2D eigenvalue weighted by Gasteiger charge is 2.41. The summed E-state index contributed by atoms with van der Waals surface area (Å²) >= 11 is 0. The van der Waals surface area contributed by atoms with Gasteiger partial charge in [-0.25, -0.2) is 0 Å². The molecule has 0 aromatic carbocycles. The van der Waals surface area contributed by atoms with E-state index in [1.807, 2.05) is 0 Å². The van der Waals surface area contributed by atoms with Gasteiger partial charge in [0.25, 0.3) is 0 Å². The fraction of sp³-hybridized carbons (Fsp3) is 1.00. The largest absolute Gasteiger partial charge is 0.394 e. The van der Waals surface area contributed by atoms with Crippen LogP contribution in [-0.4, -0.2) is 35.2 Å². The van der Waals surface area contributed by atoms with Crippen molar-refractivity contribution >= 4 is 0 Å². The van der Waals surface area contributed by atoms with Crippen molar-refractivity contribution in [2.24, 2.45) is 0 Å². The van der Waals surface area contributed by atoms with E-state index in [4.69, 9.17) is 5.11 Å². The molecule has 0 aliphatic carbocycles. The Labute approximate surface area is 62.8 Å². The third-order valence-electron chi connectivity index (χ3n) is 2.85. The minimum atomic E-state index is 0.161. The van der Waals surface area contributed by atoms with E-state index < -0.39 is 0 Å². The standard InChI is InChI=1S/C8H17NO/c1-3-8(7-10)5-6-9(8)4-2/h10H,3-7H2,1-2H3/t8-/m0/s1. The van der Waals surface area contributed by atoms with Crippen LogP contribution in [0.4, 0.5) is 0 Å². The molecule has 0 aromatic rings. The number of hydrogen-bond acceptors (Lipinski definition) is 2. The van der Waals surface area contributed by atoms with Crippen LogP contribution in [0.5, 0.6) is 0 Å². The molecule has 1 N–H and O–H groups in total. The van der Waals surface area contributed by atoms with E-state index in [9.17, 15) is 0 Å². The van der Waals surface area contributed by atoms with Crippen LogP contribution < -0.4 is 0 Å². The van der Waals surface area contributed by atoms with Crippen LogP contribution in [-0.2, 0) is 0 Å². The van der Waals surface area contributed by atoms with E-state index in [-0.39, 0.29) is 5.54 Å². The first-order chi connectivity index (χ1) is 4.79. The van der Waals surface area contributed by atoms with E-state index in [0.717, 1.165) is 13.0 Å². The summed E-state index contributed by atoms with van der Waals surface area (Å²) in [6, 6.07) is 0.